The molecule has 1 aromatic carbocycles. The van der Waals surface area contributed by atoms with Crippen LogP contribution >= 0.6 is 11.3 Å². The van der Waals surface area contributed by atoms with Gasteiger partial charge in [0.05, 0.1) is 17.0 Å². The Morgan fingerprint density at radius 2 is 2.07 bits per heavy atom. The molecule has 0 radical (unpaired) electrons. The lowest BCUT2D eigenvalue weighted by molar-refractivity contribution is 0.285. The number of nitrogens with one attached hydrogen (secondary N) is 1. The highest BCUT2D eigenvalue weighted by atomic mass is 32.1. The van der Waals surface area contributed by atoms with E-state index in [9.17, 15) is 4.39 Å². The number of halogens is 1. The molecule has 0 aliphatic heterocycles. The van der Waals surface area contributed by atoms with Crippen molar-refractivity contribution in [1.82, 2.24) is 15.2 Å². The zero-order valence-corrected chi connectivity index (χ0v) is 17.1. The van der Waals surface area contributed by atoms with Gasteiger partial charge in [-0.1, -0.05) is 6.07 Å². The first-order valence-electron chi connectivity index (χ1n) is 9.76. The number of pyridine rings is 1. The van der Waals surface area contributed by atoms with Gasteiger partial charge in [0, 0.05) is 23.5 Å². The summed E-state index contributed by atoms with van der Waals surface area (Å²) in [6, 6.07) is 7.14. The van der Waals surface area contributed by atoms with Gasteiger partial charge in [-0.3, -0.25) is 0 Å². The third kappa shape index (κ3) is 3.51. The van der Waals surface area contributed by atoms with Crippen molar-refractivity contribution >= 4 is 37.5 Å². The predicted octanol–water partition coefficient (Wildman–Crippen LogP) is 5.40. The van der Waals surface area contributed by atoms with E-state index in [4.69, 9.17) is 4.74 Å². The molecule has 0 saturated heterocycles. The minimum absolute atomic E-state index is 0.320. The van der Waals surface area contributed by atoms with Crippen LogP contribution in [0, 0.1) is 25.6 Å². The number of anilines is 1. The molecule has 29 heavy (non-hydrogen) atoms. The van der Waals surface area contributed by atoms with Gasteiger partial charge in [-0.25, -0.2) is 9.37 Å². The lowest BCUT2D eigenvalue weighted by Gasteiger charge is -2.10. The van der Waals surface area contributed by atoms with Crippen molar-refractivity contribution in [3.05, 3.63) is 53.1 Å². The van der Waals surface area contributed by atoms with E-state index in [1.807, 2.05) is 19.1 Å². The first kappa shape index (κ1) is 18.2. The van der Waals surface area contributed by atoms with Gasteiger partial charge >= 0.3 is 0 Å². The van der Waals surface area contributed by atoms with Gasteiger partial charge in [-0.15, -0.1) is 16.4 Å². The molecule has 1 aliphatic rings. The fraction of sp³-hybridized carbons (Fsp3) is 0.318. The van der Waals surface area contributed by atoms with Crippen LogP contribution in [0.25, 0.3) is 20.3 Å². The molecule has 1 N–H and O–H groups in total. The quantitative estimate of drug-likeness (QED) is 0.463. The van der Waals surface area contributed by atoms with Gasteiger partial charge in [0.25, 0.3) is 0 Å². The molecule has 0 unspecified atom stereocenters. The Morgan fingerprint density at radius 3 is 2.86 bits per heavy atom. The van der Waals surface area contributed by atoms with E-state index < -0.39 is 0 Å². The van der Waals surface area contributed by atoms with Crippen molar-refractivity contribution in [2.24, 2.45) is 5.92 Å². The Hall–Kier alpha value is -2.80. The minimum Gasteiger partial charge on any atom is -0.490 e. The molecule has 7 heteroatoms. The van der Waals surface area contributed by atoms with Crippen molar-refractivity contribution in [3.8, 4) is 5.75 Å². The van der Waals surface area contributed by atoms with E-state index in [1.54, 1.807) is 23.6 Å². The number of hydrogen-bond donors (Lipinski definition) is 1. The molecule has 148 valence electrons. The average molecular weight is 409 g/mol. The molecular weight excluding hydrogens is 387 g/mol. The monoisotopic (exact) mass is 408 g/mol. The Balaban J connectivity index is 1.39. The molecule has 1 saturated carbocycles. The summed E-state index contributed by atoms with van der Waals surface area (Å²) in [5.41, 5.74) is 2.92. The number of ether oxygens (including phenoxy) is 1. The third-order valence-electron chi connectivity index (χ3n) is 5.42. The summed E-state index contributed by atoms with van der Waals surface area (Å²) < 4.78 is 20.9. The number of aryl methyl sites for hydroxylation is 2. The summed E-state index contributed by atoms with van der Waals surface area (Å²) in [7, 11) is 0. The first-order valence-corrected chi connectivity index (χ1v) is 10.6. The Bertz CT molecular complexity index is 1220. The summed E-state index contributed by atoms with van der Waals surface area (Å²) in [4.78, 5) is 5.40. The molecular formula is C22H21FN4OS. The number of rotatable bonds is 6. The average Bonchev–Trinajstić information content (AvgIpc) is 3.46. The van der Waals surface area contributed by atoms with Crippen molar-refractivity contribution in [2.75, 3.05) is 11.9 Å². The molecule has 0 amide bonds. The van der Waals surface area contributed by atoms with E-state index in [0.29, 0.717) is 24.8 Å². The molecule has 0 atom stereocenters. The minimum atomic E-state index is -0.320. The van der Waals surface area contributed by atoms with Crippen molar-refractivity contribution in [2.45, 2.75) is 33.2 Å². The van der Waals surface area contributed by atoms with E-state index in [2.05, 4.69) is 27.4 Å². The fourth-order valence-electron chi connectivity index (χ4n) is 3.40. The summed E-state index contributed by atoms with van der Waals surface area (Å²) in [5, 5.41) is 14.2. The molecule has 5 rings (SSSR count). The van der Waals surface area contributed by atoms with Gasteiger partial charge in [0.1, 0.15) is 10.6 Å². The molecule has 0 spiro atoms. The third-order valence-corrected chi connectivity index (χ3v) is 6.52. The van der Waals surface area contributed by atoms with E-state index >= 15 is 0 Å². The second kappa shape index (κ2) is 7.22. The number of nitrogens with zero attached hydrogens (tertiary/aromatic N) is 3. The second-order valence-electron chi connectivity index (χ2n) is 7.60. The second-order valence-corrected chi connectivity index (χ2v) is 8.60. The Labute approximate surface area is 171 Å². The summed E-state index contributed by atoms with van der Waals surface area (Å²) in [5.74, 6) is 1.38. The molecule has 4 aromatic rings. The fourth-order valence-corrected chi connectivity index (χ4v) is 4.54. The maximum absolute atomic E-state index is 14.3. The first-order chi connectivity index (χ1) is 14.1. The van der Waals surface area contributed by atoms with E-state index in [1.165, 1.54) is 18.9 Å². The molecule has 1 fully saturated rings. The van der Waals surface area contributed by atoms with Crippen LogP contribution < -0.4 is 10.1 Å². The number of benzene rings is 1. The van der Waals surface area contributed by atoms with Gasteiger partial charge in [0.2, 0.25) is 0 Å². The van der Waals surface area contributed by atoms with Crippen LogP contribution in [0.3, 0.4) is 0 Å². The van der Waals surface area contributed by atoms with Crippen LogP contribution in [0.5, 0.6) is 5.75 Å². The SMILES string of the molecule is Cc1nnc2sc3c(NCc4ccc(OCC5CC5)c(F)c4)nccc3c2c1C. The molecule has 1 aliphatic carbocycles. The highest BCUT2D eigenvalue weighted by Gasteiger charge is 2.22. The maximum atomic E-state index is 14.3. The van der Waals surface area contributed by atoms with Crippen molar-refractivity contribution < 1.29 is 9.13 Å². The number of hydrogen-bond acceptors (Lipinski definition) is 6. The zero-order valence-electron chi connectivity index (χ0n) is 16.3. The lowest BCUT2D eigenvalue weighted by Crippen LogP contribution is -2.04. The number of aromatic nitrogens is 3. The Kier molecular flexibility index (Phi) is 4.54. The zero-order chi connectivity index (χ0) is 20.0. The van der Waals surface area contributed by atoms with Crippen LogP contribution in [0.1, 0.15) is 29.7 Å². The molecule has 5 nitrogen and oxygen atoms in total. The summed E-state index contributed by atoms with van der Waals surface area (Å²) in [6.07, 6.45) is 4.16. The lowest BCUT2D eigenvalue weighted by atomic mass is 10.1. The van der Waals surface area contributed by atoms with Gasteiger partial charge in [-0.05, 0) is 61.9 Å². The van der Waals surface area contributed by atoms with Gasteiger partial charge < -0.3 is 10.1 Å². The summed E-state index contributed by atoms with van der Waals surface area (Å²) in [6.45, 7) is 5.12. The maximum Gasteiger partial charge on any atom is 0.165 e. The molecule has 3 heterocycles. The Morgan fingerprint density at radius 1 is 1.21 bits per heavy atom. The highest BCUT2D eigenvalue weighted by molar-refractivity contribution is 7.26. The molecule has 0 bridgehead atoms. The number of thiophene rings is 1. The normalized spacial score (nSPS) is 13.9. The van der Waals surface area contributed by atoms with E-state index in [-0.39, 0.29) is 5.82 Å². The smallest absolute Gasteiger partial charge is 0.165 e. The van der Waals surface area contributed by atoms with Crippen LogP contribution in [0.2, 0.25) is 0 Å². The van der Waals surface area contributed by atoms with Crippen LogP contribution in [-0.4, -0.2) is 21.8 Å². The highest BCUT2D eigenvalue weighted by Crippen LogP contribution is 2.38. The van der Waals surface area contributed by atoms with E-state index in [0.717, 1.165) is 42.9 Å². The standard InChI is InChI=1S/C22H21FN4OS/c1-12-13(2)26-27-22-19(12)16-7-8-24-21(20(16)29-22)25-10-15-5-6-18(17(23)9-15)28-11-14-3-4-14/h5-9,14H,3-4,10-11H2,1-2H3,(H,24,25). The van der Waals surface area contributed by atoms with Gasteiger partial charge in [0.15, 0.2) is 11.6 Å². The number of fused-ring (bicyclic) bond motifs is 3. The largest absolute Gasteiger partial charge is 0.490 e. The van der Waals surface area contributed by atoms with Gasteiger partial charge in [-0.2, -0.15) is 5.10 Å². The molecule has 3 aromatic heterocycles. The topological polar surface area (TPSA) is 59.9 Å². The van der Waals surface area contributed by atoms with Crippen LogP contribution in [0.4, 0.5) is 10.2 Å². The van der Waals surface area contributed by atoms with Crippen molar-refractivity contribution in [1.29, 1.82) is 0 Å². The summed E-state index contributed by atoms with van der Waals surface area (Å²) >= 11 is 1.57. The van der Waals surface area contributed by atoms with Crippen LogP contribution in [-0.2, 0) is 6.54 Å². The van der Waals surface area contributed by atoms with Crippen LogP contribution in [0.15, 0.2) is 30.5 Å². The predicted molar refractivity (Wildman–Crippen MR) is 114 cm³/mol. The van der Waals surface area contributed by atoms with Crippen molar-refractivity contribution in [3.63, 3.8) is 0 Å².